The quantitative estimate of drug-likeness (QED) is 0.303. The number of nitrogens with one attached hydrogen (secondary N) is 1. The molecule has 172 valence electrons. The van der Waals surface area contributed by atoms with Crippen LogP contribution in [0.15, 0.2) is 78.9 Å². The summed E-state index contributed by atoms with van der Waals surface area (Å²) in [6.07, 6.45) is 0.758. The molecule has 0 saturated heterocycles. The Morgan fingerprint density at radius 3 is 2.06 bits per heavy atom. The summed E-state index contributed by atoms with van der Waals surface area (Å²) in [5.41, 5.74) is 4.76. The number of hydrogen-bond donors (Lipinski definition) is 1. The van der Waals surface area contributed by atoms with Crippen molar-refractivity contribution in [3.8, 4) is 11.3 Å². The molecule has 0 aliphatic heterocycles. The summed E-state index contributed by atoms with van der Waals surface area (Å²) in [5.74, 6) is 0.550. The fraction of sp³-hybridized carbons (Fsp3) is 0.179. The van der Waals surface area contributed by atoms with Gasteiger partial charge in [-0.15, -0.1) is 0 Å². The summed E-state index contributed by atoms with van der Waals surface area (Å²) >= 11 is 12.3. The van der Waals surface area contributed by atoms with Gasteiger partial charge < -0.3 is 5.32 Å². The van der Waals surface area contributed by atoms with Crippen molar-refractivity contribution >= 4 is 29.1 Å². The van der Waals surface area contributed by atoms with Crippen LogP contribution in [0.3, 0.4) is 0 Å². The van der Waals surface area contributed by atoms with Crippen molar-refractivity contribution in [1.82, 2.24) is 15.3 Å². The normalized spacial score (nSPS) is 11.0. The SMILES string of the molecule is Cc1nc(C)c(C(=O)NCCC(c2ccccc2)c2ccccc2)c(-c2ccc(Cl)c(Cl)c2)n1. The van der Waals surface area contributed by atoms with Crippen molar-refractivity contribution in [2.45, 2.75) is 26.2 Å². The van der Waals surface area contributed by atoms with E-state index >= 15 is 0 Å². The second kappa shape index (κ2) is 10.8. The highest BCUT2D eigenvalue weighted by atomic mass is 35.5. The average molecular weight is 490 g/mol. The van der Waals surface area contributed by atoms with Crippen LogP contribution >= 0.6 is 23.2 Å². The van der Waals surface area contributed by atoms with Crippen molar-refractivity contribution < 1.29 is 4.79 Å². The number of halogens is 2. The van der Waals surface area contributed by atoms with Crippen LogP contribution in [-0.4, -0.2) is 22.4 Å². The third-order valence-electron chi connectivity index (χ3n) is 5.74. The topological polar surface area (TPSA) is 54.9 Å². The summed E-state index contributed by atoms with van der Waals surface area (Å²) < 4.78 is 0. The molecule has 4 aromatic rings. The molecule has 6 heteroatoms. The third-order valence-corrected chi connectivity index (χ3v) is 6.48. The lowest BCUT2D eigenvalue weighted by Gasteiger charge is -2.19. The van der Waals surface area contributed by atoms with E-state index in [1.165, 1.54) is 11.1 Å². The largest absolute Gasteiger partial charge is 0.352 e. The highest BCUT2D eigenvalue weighted by Gasteiger charge is 2.21. The minimum absolute atomic E-state index is 0.174. The van der Waals surface area contributed by atoms with E-state index in [0.717, 1.165) is 12.0 Å². The second-order valence-corrected chi connectivity index (χ2v) is 8.94. The van der Waals surface area contributed by atoms with E-state index in [-0.39, 0.29) is 11.8 Å². The number of benzene rings is 3. The molecule has 1 N–H and O–H groups in total. The van der Waals surface area contributed by atoms with Crippen molar-refractivity contribution in [3.05, 3.63) is 117 Å². The zero-order chi connectivity index (χ0) is 24.1. The Balaban J connectivity index is 1.57. The maximum Gasteiger partial charge on any atom is 0.255 e. The van der Waals surface area contributed by atoms with E-state index in [4.69, 9.17) is 23.2 Å². The molecule has 0 unspecified atom stereocenters. The molecule has 0 aliphatic rings. The Morgan fingerprint density at radius 1 is 0.853 bits per heavy atom. The average Bonchev–Trinajstić information content (AvgIpc) is 2.84. The lowest BCUT2D eigenvalue weighted by atomic mass is 9.88. The van der Waals surface area contributed by atoms with E-state index in [1.54, 1.807) is 19.1 Å². The summed E-state index contributed by atoms with van der Waals surface area (Å²) in [7, 11) is 0. The van der Waals surface area contributed by atoms with Crippen LogP contribution in [0.4, 0.5) is 0 Å². The Labute approximate surface area is 210 Å². The Bertz CT molecular complexity index is 1250. The van der Waals surface area contributed by atoms with Crippen molar-refractivity contribution in [2.75, 3.05) is 6.54 Å². The van der Waals surface area contributed by atoms with Gasteiger partial charge in [-0.2, -0.15) is 0 Å². The maximum absolute atomic E-state index is 13.3. The predicted octanol–water partition coefficient (Wildman–Crippen LogP) is 7.02. The number of aromatic nitrogens is 2. The fourth-order valence-corrected chi connectivity index (χ4v) is 4.45. The molecule has 34 heavy (non-hydrogen) atoms. The monoisotopic (exact) mass is 489 g/mol. The molecule has 0 bridgehead atoms. The van der Waals surface area contributed by atoms with Gasteiger partial charge in [0.15, 0.2) is 0 Å². The first-order valence-electron chi connectivity index (χ1n) is 11.1. The molecule has 4 nitrogen and oxygen atoms in total. The number of amides is 1. The zero-order valence-corrected chi connectivity index (χ0v) is 20.6. The van der Waals surface area contributed by atoms with Gasteiger partial charge in [0.05, 0.1) is 27.0 Å². The lowest BCUT2D eigenvalue weighted by molar-refractivity contribution is 0.0952. The van der Waals surface area contributed by atoms with Gasteiger partial charge in [0.25, 0.3) is 5.91 Å². The molecule has 1 heterocycles. The van der Waals surface area contributed by atoms with Gasteiger partial charge >= 0.3 is 0 Å². The number of hydrogen-bond acceptors (Lipinski definition) is 3. The molecule has 4 rings (SSSR count). The van der Waals surface area contributed by atoms with Crippen LogP contribution in [0, 0.1) is 13.8 Å². The van der Waals surface area contributed by atoms with Crippen LogP contribution in [0.25, 0.3) is 11.3 Å². The third kappa shape index (κ3) is 5.46. The molecular weight excluding hydrogens is 465 g/mol. The van der Waals surface area contributed by atoms with E-state index in [1.807, 2.05) is 49.4 Å². The predicted molar refractivity (Wildman–Crippen MR) is 139 cm³/mol. The highest BCUT2D eigenvalue weighted by molar-refractivity contribution is 6.42. The molecule has 1 aromatic heterocycles. The smallest absolute Gasteiger partial charge is 0.255 e. The van der Waals surface area contributed by atoms with Crippen LogP contribution in [0.2, 0.25) is 10.0 Å². The van der Waals surface area contributed by atoms with Crippen LogP contribution < -0.4 is 5.32 Å². The second-order valence-electron chi connectivity index (χ2n) is 8.13. The number of carbonyl (C=O) groups excluding carboxylic acids is 1. The van der Waals surface area contributed by atoms with E-state index in [0.29, 0.717) is 39.4 Å². The van der Waals surface area contributed by atoms with Gasteiger partial charge in [-0.3, -0.25) is 4.79 Å². The summed E-state index contributed by atoms with van der Waals surface area (Å²) in [6.45, 7) is 4.13. The first-order valence-corrected chi connectivity index (χ1v) is 11.9. The molecule has 0 atom stereocenters. The molecule has 0 spiro atoms. The Hall–Kier alpha value is -3.21. The van der Waals surface area contributed by atoms with Crippen molar-refractivity contribution in [3.63, 3.8) is 0 Å². The van der Waals surface area contributed by atoms with Gasteiger partial charge in [-0.1, -0.05) is 89.9 Å². The standard InChI is InChI=1S/C28H25Cl2N3O/c1-18-26(27(33-19(2)32-18)22-13-14-24(29)25(30)17-22)28(34)31-16-15-23(20-9-5-3-6-10-20)21-11-7-4-8-12-21/h3-14,17,23H,15-16H2,1-2H3,(H,31,34). The maximum atomic E-state index is 13.3. The summed E-state index contributed by atoms with van der Waals surface area (Å²) in [4.78, 5) is 22.3. The lowest BCUT2D eigenvalue weighted by Crippen LogP contribution is -2.28. The summed E-state index contributed by atoms with van der Waals surface area (Å²) in [5, 5.41) is 3.95. The van der Waals surface area contributed by atoms with Gasteiger partial charge in [-0.05, 0) is 43.5 Å². The molecule has 0 radical (unpaired) electrons. The van der Waals surface area contributed by atoms with E-state index in [9.17, 15) is 4.79 Å². The Kier molecular flexibility index (Phi) is 7.61. The van der Waals surface area contributed by atoms with E-state index in [2.05, 4.69) is 39.6 Å². The minimum atomic E-state index is -0.210. The molecule has 0 saturated carbocycles. The number of rotatable bonds is 7. The van der Waals surface area contributed by atoms with Crippen LogP contribution in [0.5, 0.6) is 0 Å². The summed E-state index contributed by atoms with van der Waals surface area (Å²) in [6, 6.07) is 25.9. The van der Waals surface area contributed by atoms with Gasteiger partial charge in [-0.25, -0.2) is 9.97 Å². The molecule has 3 aromatic carbocycles. The fourth-order valence-electron chi connectivity index (χ4n) is 4.15. The number of carbonyl (C=O) groups is 1. The Morgan fingerprint density at radius 2 is 1.47 bits per heavy atom. The minimum Gasteiger partial charge on any atom is -0.352 e. The van der Waals surface area contributed by atoms with Crippen LogP contribution in [0.1, 0.15) is 45.3 Å². The van der Waals surface area contributed by atoms with Gasteiger partial charge in [0, 0.05) is 18.0 Å². The number of aryl methyl sites for hydroxylation is 2. The van der Waals surface area contributed by atoms with Gasteiger partial charge in [0.1, 0.15) is 5.82 Å². The highest BCUT2D eigenvalue weighted by Crippen LogP contribution is 2.31. The molecular formula is C28H25Cl2N3O. The molecule has 0 aliphatic carbocycles. The first-order chi connectivity index (χ1) is 16.4. The van der Waals surface area contributed by atoms with Crippen LogP contribution in [-0.2, 0) is 0 Å². The number of nitrogens with zero attached hydrogens (tertiary/aromatic N) is 2. The van der Waals surface area contributed by atoms with Crippen molar-refractivity contribution in [1.29, 1.82) is 0 Å². The van der Waals surface area contributed by atoms with E-state index < -0.39 is 0 Å². The molecule has 1 amide bonds. The molecule has 0 fully saturated rings. The van der Waals surface area contributed by atoms with Gasteiger partial charge in [0.2, 0.25) is 0 Å². The first kappa shape index (κ1) is 23.9. The zero-order valence-electron chi connectivity index (χ0n) is 19.1. The van der Waals surface area contributed by atoms with Crippen molar-refractivity contribution in [2.24, 2.45) is 0 Å².